The molecule has 2 unspecified atom stereocenters. The van der Waals surface area contributed by atoms with Crippen LogP contribution in [-0.4, -0.2) is 50.2 Å². The fourth-order valence-corrected chi connectivity index (χ4v) is 5.16. The van der Waals surface area contributed by atoms with Crippen LogP contribution in [0.15, 0.2) is 61.1 Å². The second-order valence-corrected chi connectivity index (χ2v) is 8.67. The highest BCUT2D eigenvalue weighted by Crippen LogP contribution is 2.41. The number of para-hydroxylation sites is 1. The van der Waals surface area contributed by atoms with Crippen LogP contribution >= 0.6 is 0 Å². The van der Waals surface area contributed by atoms with E-state index in [0.29, 0.717) is 23.4 Å². The molecular weight excluding hydrogens is 402 g/mol. The molecule has 3 aromatic heterocycles. The monoisotopic (exact) mass is 425 g/mol. The number of amides is 1. The molecule has 2 fully saturated rings. The Morgan fingerprint density at radius 1 is 1.00 bits per heavy atom. The summed E-state index contributed by atoms with van der Waals surface area (Å²) >= 11 is 0. The Kier molecular flexibility index (Phi) is 4.56. The number of aromatic nitrogens is 5. The maximum absolute atomic E-state index is 12.4. The Morgan fingerprint density at radius 3 is 2.59 bits per heavy atom. The zero-order chi connectivity index (χ0) is 21.5. The van der Waals surface area contributed by atoms with E-state index in [4.69, 9.17) is 9.97 Å². The molecule has 0 spiro atoms. The van der Waals surface area contributed by atoms with E-state index in [0.717, 1.165) is 48.2 Å². The first-order valence-corrected chi connectivity index (χ1v) is 11.0. The highest BCUT2D eigenvalue weighted by molar-refractivity contribution is 5.92. The zero-order valence-electron chi connectivity index (χ0n) is 17.5. The molecule has 32 heavy (non-hydrogen) atoms. The Morgan fingerprint density at radius 2 is 1.84 bits per heavy atom. The number of aromatic amines is 1. The minimum Gasteiger partial charge on any atom is -0.355 e. The lowest BCUT2D eigenvalue weighted by atomic mass is 10.0. The molecule has 0 radical (unpaired) electrons. The van der Waals surface area contributed by atoms with Crippen molar-refractivity contribution in [3.05, 3.63) is 66.7 Å². The number of nitrogens with one attached hydrogen (secondary N) is 2. The first-order chi connectivity index (χ1) is 15.7. The molecule has 2 atom stereocenters. The number of carbonyl (C=O) groups excluding carboxylic acids is 1. The number of pyridine rings is 1. The minimum absolute atomic E-state index is 0.0766. The molecular formula is C24H23N7O. The van der Waals surface area contributed by atoms with Crippen LogP contribution in [0.2, 0.25) is 0 Å². The summed E-state index contributed by atoms with van der Waals surface area (Å²) in [5.74, 6) is 2.69. The van der Waals surface area contributed by atoms with E-state index in [1.54, 1.807) is 24.7 Å². The smallest absolute Gasteiger partial charge is 0.269 e. The van der Waals surface area contributed by atoms with E-state index in [-0.39, 0.29) is 11.9 Å². The first-order valence-electron chi connectivity index (χ1n) is 11.0. The molecule has 2 N–H and O–H groups in total. The van der Waals surface area contributed by atoms with Gasteiger partial charge < -0.3 is 10.2 Å². The molecule has 1 saturated heterocycles. The van der Waals surface area contributed by atoms with E-state index in [2.05, 4.69) is 31.5 Å². The summed E-state index contributed by atoms with van der Waals surface area (Å²) in [7, 11) is 0. The molecule has 1 aliphatic heterocycles. The standard InChI is InChI=1S/C24H23N7O/c32-24(21-7-9-26-30-21)27-18-10-16-13-31(14-17(16)11-18)23-19-5-1-2-6-20(19)28-22(29-23)15-4-3-8-25-12-15/h1-9,12,16-18H,10-11,13-14H2,(H,26,30)(H,27,32). The third-order valence-electron chi connectivity index (χ3n) is 6.63. The van der Waals surface area contributed by atoms with Gasteiger partial charge in [-0.15, -0.1) is 0 Å². The number of anilines is 1. The van der Waals surface area contributed by atoms with Crippen molar-refractivity contribution in [2.24, 2.45) is 11.8 Å². The van der Waals surface area contributed by atoms with E-state index in [1.807, 2.05) is 30.3 Å². The van der Waals surface area contributed by atoms with Crippen molar-refractivity contribution >= 4 is 22.6 Å². The topological polar surface area (TPSA) is 99.7 Å². The van der Waals surface area contributed by atoms with Crippen LogP contribution in [0.5, 0.6) is 0 Å². The predicted octanol–water partition coefficient (Wildman–Crippen LogP) is 3.06. The van der Waals surface area contributed by atoms with Crippen LogP contribution in [-0.2, 0) is 0 Å². The van der Waals surface area contributed by atoms with E-state index >= 15 is 0 Å². The van der Waals surface area contributed by atoms with Crippen molar-refractivity contribution < 1.29 is 4.79 Å². The number of benzene rings is 1. The van der Waals surface area contributed by atoms with Gasteiger partial charge >= 0.3 is 0 Å². The average Bonchev–Trinajstić information content (AvgIpc) is 3.56. The largest absolute Gasteiger partial charge is 0.355 e. The number of nitrogens with zero attached hydrogens (tertiary/aromatic N) is 5. The lowest BCUT2D eigenvalue weighted by Gasteiger charge is -2.22. The Hall–Kier alpha value is -3.81. The van der Waals surface area contributed by atoms with Crippen LogP contribution < -0.4 is 10.2 Å². The van der Waals surface area contributed by atoms with Gasteiger partial charge in [-0.1, -0.05) is 12.1 Å². The third kappa shape index (κ3) is 3.37. The summed E-state index contributed by atoms with van der Waals surface area (Å²) in [5, 5.41) is 10.8. The van der Waals surface area contributed by atoms with Crippen molar-refractivity contribution in [3.8, 4) is 11.4 Å². The number of rotatable bonds is 4. The zero-order valence-corrected chi connectivity index (χ0v) is 17.5. The minimum atomic E-state index is -0.0766. The summed E-state index contributed by atoms with van der Waals surface area (Å²) in [5.41, 5.74) is 2.37. The number of carbonyl (C=O) groups is 1. The number of hydrogen-bond acceptors (Lipinski definition) is 6. The van der Waals surface area contributed by atoms with E-state index in [1.165, 1.54) is 0 Å². The van der Waals surface area contributed by atoms with Crippen molar-refractivity contribution in [3.63, 3.8) is 0 Å². The van der Waals surface area contributed by atoms with Gasteiger partial charge in [0.25, 0.3) is 5.91 Å². The van der Waals surface area contributed by atoms with Gasteiger partial charge in [0.2, 0.25) is 0 Å². The quantitative estimate of drug-likeness (QED) is 0.521. The third-order valence-corrected chi connectivity index (χ3v) is 6.63. The molecule has 2 aliphatic rings. The highest BCUT2D eigenvalue weighted by atomic mass is 16.2. The van der Waals surface area contributed by atoms with Gasteiger partial charge in [0, 0.05) is 48.7 Å². The summed E-state index contributed by atoms with van der Waals surface area (Å²) in [4.78, 5) is 28.8. The van der Waals surface area contributed by atoms with Crippen molar-refractivity contribution in [1.29, 1.82) is 0 Å². The van der Waals surface area contributed by atoms with Crippen molar-refractivity contribution in [2.45, 2.75) is 18.9 Å². The molecule has 8 nitrogen and oxygen atoms in total. The fraction of sp³-hybridized carbons (Fsp3) is 0.292. The number of H-pyrrole nitrogens is 1. The molecule has 8 heteroatoms. The summed E-state index contributed by atoms with van der Waals surface area (Å²) in [6.45, 7) is 1.88. The Labute approximate surface area is 185 Å². The van der Waals surface area contributed by atoms with E-state index < -0.39 is 0 Å². The van der Waals surface area contributed by atoms with Crippen LogP contribution in [0, 0.1) is 11.8 Å². The number of fused-ring (bicyclic) bond motifs is 2. The van der Waals surface area contributed by atoms with Crippen LogP contribution in [0.4, 0.5) is 5.82 Å². The maximum Gasteiger partial charge on any atom is 0.269 e. The SMILES string of the molecule is O=C(NC1CC2CN(c3nc(-c4cccnc4)nc4ccccc34)CC2C1)c1ccn[nH]1. The Balaban J connectivity index is 1.23. The average molecular weight is 425 g/mol. The molecule has 4 aromatic rings. The second-order valence-electron chi connectivity index (χ2n) is 8.67. The van der Waals surface area contributed by atoms with Crippen LogP contribution in [0.25, 0.3) is 22.3 Å². The first kappa shape index (κ1) is 18.9. The van der Waals surface area contributed by atoms with E-state index in [9.17, 15) is 4.79 Å². The number of hydrogen-bond donors (Lipinski definition) is 2. The van der Waals surface area contributed by atoms with Crippen molar-refractivity contribution in [1.82, 2.24) is 30.5 Å². The molecule has 1 amide bonds. The molecule has 1 aliphatic carbocycles. The van der Waals surface area contributed by atoms with Gasteiger partial charge in [-0.2, -0.15) is 5.10 Å². The molecule has 160 valence electrons. The summed E-state index contributed by atoms with van der Waals surface area (Å²) < 4.78 is 0. The van der Waals surface area contributed by atoms with Gasteiger partial charge in [0.05, 0.1) is 5.52 Å². The van der Waals surface area contributed by atoms with Crippen LogP contribution in [0.3, 0.4) is 0 Å². The normalized spacial score (nSPS) is 22.2. The summed E-state index contributed by atoms with van der Waals surface area (Å²) in [6.07, 6.45) is 7.13. The lowest BCUT2D eigenvalue weighted by molar-refractivity contribution is 0.0931. The Bertz CT molecular complexity index is 1240. The fourth-order valence-electron chi connectivity index (χ4n) is 5.16. The highest BCUT2D eigenvalue weighted by Gasteiger charge is 2.42. The predicted molar refractivity (Wildman–Crippen MR) is 121 cm³/mol. The second kappa shape index (κ2) is 7.71. The van der Waals surface area contributed by atoms with Gasteiger partial charge in [0.1, 0.15) is 11.5 Å². The van der Waals surface area contributed by atoms with Crippen LogP contribution in [0.1, 0.15) is 23.3 Å². The molecule has 6 rings (SSSR count). The van der Waals surface area contributed by atoms with Crippen molar-refractivity contribution in [2.75, 3.05) is 18.0 Å². The molecule has 1 aromatic carbocycles. The van der Waals surface area contributed by atoms with Gasteiger partial charge in [-0.3, -0.25) is 14.9 Å². The maximum atomic E-state index is 12.4. The molecule has 1 saturated carbocycles. The lowest BCUT2D eigenvalue weighted by Crippen LogP contribution is -2.35. The molecule has 0 bridgehead atoms. The van der Waals surface area contributed by atoms with Gasteiger partial charge in [0.15, 0.2) is 5.82 Å². The van der Waals surface area contributed by atoms with Gasteiger partial charge in [-0.05, 0) is 55.0 Å². The molecule has 4 heterocycles. The summed E-state index contributed by atoms with van der Waals surface area (Å²) in [6, 6.07) is 14.0. The van der Waals surface area contributed by atoms with Gasteiger partial charge in [-0.25, -0.2) is 9.97 Å².